The minimum absolute atomic E-state index is 0.441. The summed E-state index contributed by atoms with van der Waals surface area (Å²) in [5.41, 5.74) is 0. The van der Waals surface area contributed by atoms with Crippen LogP contribution in [-0.4, -0.2) is 43.3 Å². The summed E-state index contributed by atoms with van der Waals surface area (Å²) in [6.07, 6.45) is 3.52. The SMILES string of the molecule is CCC(C)N(CCOC)c1cc(NC)nc(C2CC2)n1. The first-order valence-corrected chi connectivity index (χ1v) is 7.51. The first kappa shape index (κ1) is 15.0. The van der Waals surface area contributed by atoms with Crippen molar-refractivity contribution in [3.8, 4) is 0 Å². The molecule has 1 aliphatic rings. The number of rotatable bonds is 8. The Morgan fingerprint density at radius 1 is 1.45 bits per heavy atom. The molecule has 0 amide bonds. The normalized spacial score (nSPS) is 16.0. The van der Waals surface area contributed by atoms with Crippen LogP contribution in [0.2, 0.25) is 0 Å². The molecule has 0 radical (unpaired) electrons. The van der Waals surface area contributed by atoms with E-state index in [1.807, 2.05) is 13.1 Å². The highest BCUT2D eigenvalue weighted by molar-refractivity contribution is 5.50. The van der Waals surface area contributed by atoms with Crippen LogP contribution in [0.15, 0.2) is 6.07 Å². The second-order valence-electron chi connectivity index (χ2n) is 5.44. The summed E-state index contributed by atoms with van der Waals surface area (Å²) >= 11 is 0. The third kappa shape index (κ3) is 3.60. The molecule has 0 aliphatic heterocycles. The molecule has 1 heterocycles. The average Bonchev–Trinajstić information content (AvgIpc) is 3.31. The predicted octanol–water partition coefficient (Wildman–Crippen LogP) is 2.65. The second-order valence-corrected chi connectivity index (χ2v) is 5.44. The lowest BCUT2D eigenvalue weighted by atomic mass is 10.2. The number of hydrogen-bond acceptors (Lipinski definition) is 5. The Kier molecular flexibility index (Phi) is 5.17. The van der Waals surface area contributed by atoms with E-state index in [2.05, 4.69) is 29.0 Å². The number of hydrogen-bond donors (Lipinski definition) is 1. The Labute approximate surface area is 121 Å². The van der Waals surface area contributed by atoms with Crippen LogP contribution in [0, 0.1) is 0 Å². The first-order valence-electron chi connectivity index (χ1n) is 7.51. The maximum atomic E-state index is 5.23. The van der Waals surface area contributed by atoms with Crippen LogP contribution in [0.5, 0.6) is 0 Å². The van der Waals surface area contributed by atoms with E-state index in [1.165, 1.54) is 12.8 Å². The van der Waals surface area contributed by atoms with E-state index in [-0.39, 0.29) is 0 Å². The van der Waals surface area contributed by atoms with E-state index in [4.69, 9.17) is 9.72 Å². The molecule has 1 unspecified atom stereocenters. The lowest BCUT2D eigenvalue weighted by molar-refractivity contribution is 0.203. The van der Waals surface area contributed by atoms with Gasteiger partial charge in [-0.05, 0) is 26.2 Å². The zero-order chi connectivity index (χ0) is 14.5. The molecule has 1 aromatic heterocycles. The molecule has 5 nitrogen and oxygen atoms in total. The van der Waals surface area contributed by atoms with Gasteiger partial charge in [0.15, 0.2) is 0 Å². The van der Waals surface area contributed by atoms with Gasteiger partial charge in [0.25, 0.3) is 0 Å². The molecule has 1 aliphatic carbocycles. The maximum Gasteiger partial charge on any atom is 0.136 e. The third-order valence-electron chi connectivity index (χ3n) is 3.88. The summed E-state index contributed by atoms with van der Waals surface area (Å²) < 4.78 is 5.23. The van der Waals surface area contributed by atoms with Gasteiger partial charge in [-0.1, -0.05) is 6.92 Å². The zero-order valence-corrected chi connectivity index (χ0v) is 13.0. The summed E-state index contributed by atoms with van der Waals surface area (Å²) in [4.78, 5) is 11.7. The maximum absolute atomic E-state index is 5.23. The zero-order valence-electron chi connectivity index (χ0n) is 13.0. The van der Waals surface area contributed by atoms with Crippen LogP contribution < -0.4 is 10.2 Å². The molecular formula is C15H26N4O. The molecule has 1 fully saturated rings. The van der Waals surface area contributed by atoms with E-state index in [0.29, 0.717) is 18.6 Å². The number of aromatic nitrogens is 2. The number of nitrogens with one attached hydrogen (secondary N) is 1. The van der Waals surface area contributed by atoms with E-state index in [1.54, 1.807) is 7.11 Å². The van der Waals surface area contributed by atoms with Gasteiger partial charge in [0.2, 0.25) is 0 Å². The Hall–Kier alpha value is -1.36. The molecule has 5 heteroatoms. The van der Waals surface area contributed by atoms with Crippen molar-refractivity contribution in [1.82, 2.24) is 9.97 Å². The van der Waals surface area contributed by atoms with Crippen LogP contribution >= 0.6 is 0 Å². The molecule has 0 saturated heterocycles. The summed E-state index contributed by atoms with van der Waals surface area (Å²) in [6, 6.07) is 2.48. The van der Waals surface area contributed by atoms with Gasteiger partial charge in [0, 0.05) is 38.7 Å². The molecule has 1 N–H and O–H groups in total. The smallest absolute Gasteiger partial charge is 0.136 e. The van der Waals surface area contributed by atoms with Gasteiger partial charge in [-0.15, -0.1) is 0 Å². The van der Waals surface area contributed by atoms with Crippen molar-refractivity contribution in [3.05, 3.63) is 11.9 Å². The number of anilines is 2. The molecule has 1 aromatic rings. The van der Waals surface area contributed by atoms with Gasteiger partial charge in [0.1, 0.15) is 17.5 Å². The summed E-state index contributed by atoms with van der Waals surface area (Å²) in [5.74, 6) is 3.46. The highest BCUT2D eigenvalue weighted by Crippen LogP contribution is 2.39. The van der Waals surface area contributed by atoms with Crippen molar-refractivity contribution >= 4 is 11.6 Å². The predicted molar refractivity (Wildman–Crippen MR) is 82.5 cm³/mol. The van der Waals surface area contributed by atoms with E-state index in [9.17, 15) is 0 Å². The van der Waals surface area contributed by atoms with Gasteiger partial charge in [-0.25, -0.2) is 9.97 Å². The van der Waals surface area contributed by atoms with Crippen molar-refractivity contribution in [1.29, 1.82) is 0 Å². The van der Waals surface area contributed by atoms with Gasteiger partial charge in [-0.3, -0.25) is 0 Å². The summed E-state index contributed by atoms with van der Waals surface area (Å²) in [5, 5.41) is 3.15. The quantitative estimate of drug-likeness (QED) is 0.792. The van der Waals surface area contributed by atoms with Gasteiger partial charge in [0.05, 0.1) is 6.61 Å². The van der Waals surface area contributed by atoms with Crippen molar-refractivity contribution in [2.75, 3.05) is 37.5 Å². The molecular weight excluding hydrogens is 252 g/mol. The monoisotopic (exact) mass is 278 g/mol. The average molecular weight is 278 g/mol. The van der Waals surface area contributed by atoms with Crippen molar-refractivity contribution in [2.45, 2.75) is 45.1 Å². The molecule has 0 spiro atoms. The molecule has 2 rings (SSSR count). The summed E-state index contributed by atoms with van der Waals surface area (Å²) in [6.45, 7) is 6.00. The fourth-order valence-electron chi connectivity index (χ4n) is 2.22. The number of methoxy groups -OCH3 is 1. The lowest BCUT2D eigenvalue weighted by Gasteiger charge is -2.30. The molecule has 0 aromatic carbocycles. The van der Waals surface area contributed by atoms with Crippen LogP contribution in [0.1, 0.15) is 44.9 Å². The Balaban J connectivity index is 2.27. The van der Waals surface area contributed by atoms with Crippen LogP contribution in [0.3, 0.4) is 0 Å². The Morgan fingerprint density at radius 3 is 2.75 bits per heavy atom. The highest BCUT2D eigenvalue weighted by atomic mass is 16.5. The fraction of sp³-hybridized carbons (Fsp3) is 0.733. The van der Waals surface area contributed by atoms with E-state index in [0.717, 1.165) is 30.4 Å². The number of ether oxygens (including phenoxy) is 1. The van der Waals surface area contributed by atoms with Crippen LogP contribution in [0.4, 0.5) is 11.6 Å². The van der Waals surface area contributed by atoms with Gasteiger partial charge < -0.3 is 15.0 Å². The first-order chi connectivity index (χ1) is 9.69. The second kappa shape index (κ2) is 6.88. The lowest BCUT2D eigenvalue weighted by Crippen LogP contribution is -2.36. The molecule has 0 bridgehead atoms. The topological polar surface area (TPSA) is 50.3 Å². The standard InChI is InChI=1S/C15H26N4O/c1-5-11(2)19(8-9-20-4)14-10-13(16-3)17-15(18-14)12-6-7-12/h10-12H,5-9H2,1-4H3,(H,16,17,18). The molecule has 1 atom stereocenters. The highest BCUT2D eigenvalue weighted by Gasteiger charge is 2.28. The minimum Gasteiger partial charge on any atom is -0.383 e. The van der Waals surface area contributed by atoms with Crippen LogP contribution in [-0.2, 0) is 4.74 Å². The van der Waals surface area contributed by atoms with Crippen molar-refractivity contribution < 1.29 is 4.74 Å². The Morgan fingerprint density at radius 2 is 2.20 bits per heavy atom. The largest absolute Gasteiger partial charge is 0.383 e. The van der Waals surface area contributed by atoms with Gasteiger partial charge in [-0.2, -0.15) is 0 Å². The minimum atomic E-state index is 0.441. The van der Waals surface area contributed by atoms with Crippen molar-refractivity contribution in [2.24, 2.45) is 0 Å². The molecule has 20 heavy (non-hydrogen) atoms. The Bertz CT molecular complexity index is 434. The van der Waals surface area contributed by atoms with Crippen molar-refractivity contribution in [3.63, 3.8) is 0 Å². The number of nitrogens with zero attached hydrogens (tertiary/aromatic N) is 3. The molecule has 1 saturated carbocycles. The van der Waals surface area contributed by atoms with Gasteiger partial charge >= 0.3 is 0 Å². The third-order valence-corrected chi connectivity index (χ3v) is 3.88. The van der Waals surface area contributed by atoms with Crippen LogP contribution in [0.25, 0.3) is 0 Å². The molecule has 112 valence electrons. The fourth-order valence-corrected chi connectivity index (χ4v) is 2.22. The van der Waals surface area contributed by atoms with E-state index >= 15 is 0 Å². The summed E-state index contributed by atoms with van der Waals surface area (Å²) in [7, 11) is 3.65. The van der Waals surface area contributed by atoms with E-state index < -0.39 is 0 Å².